The molecule has 1 aliphatic heterocycles. The molecule has 4 heterocycles. The summed E-state index contributed by atoms with van der Waals surface area (Å²) in [5, 5.41) is 9.80. The number of piperazine rings is 1. The molecular weight excluding hydrogens is 342 g/mol. The van der Waals surface area contributed by atoms with Gasteiger partial charge in [-0.05, 0) is 18.4 Å². The average molecular weight is 359 g/mol. The summed E-state index contributed by atoms with van der Waals surface area (Å²) in [6, 6.07) is 5.59. The largest absolute Gasteiger partial charge is 0.361 e. The first-order chi connectivity index (χ1) is 12.2. The molecule has 0 aromatic carbocycles. The fraction of sp³-hybridized carbons (Fsp3) is 0.375. The van der Waals surface area contributed by atoms with Gasteiger partial charge < -0.3 is 13.9 Å². The van der Waals surface area contributed by atoms with E-state index in [9.17, 15) is 4.79 Å². The van der Waals surface area contributed by atoms with E-state index >= 15 is 0 Å². The van der Waals surface area contributed by atoms with Gasteiger partial charge in [0, 0.05) is 32.2 Å². The Bertz CT molecular complexity index is 849. The van der Waals surface area contributed by atoms with E-state index in [1.165, 1.54) is 0 Å². The highest BCUT2D eigenvalue weighted by Gasteiger charge is 2.25. The third-order valence-electron chi connectivity index (χ3n) is 4.08. The second-order valence-electron chi connectivity index (χ2n) is 5.88. The van der Waals surface area contributed by atoms with Crippen molar-refractivity contribution in [2.45, 2.75) is 13.5 Å². The minimum Gasteiger partial charge on any atom is -0.361 e. The molecule has 8 nitrogen and oxygen atoms in total. The van der Waals surface area contributed by atoms with E-state index in [0.717, 1.165) is 18.0 Å². The lowest BCUT2D eigenvalue weighted by atomic mass is 10.2. The lowest BCUT2D eigenvalue weighted by molar-refractivity contribution is 0.0605. The van der Waals surface area contributed by atoms with Crippen molar-refractivity contribution >= 4 is 17.2 Å². The van der Waals surface area contributed by atoms with Crippen LogP contribution in [0.3, 0.4) is 0 Å². The van der Waals surface area contributed by atoms with E-state index in [4.69, 9.17) is 9.05 Å². The number of carbonyl (C=O) groups is 1. The van der Waals surface area contributed by atoms with Crippen molar-refractivity contribution in [3.05, 3.63) is 40.9 Å². The van der Waals surface area contributed by atoms with Gasteiger partial charge in [-0.1, -0.05) is 16.4 Å². The van der Waals surface area contributed by atoms with Crippen LogP contribution in [0.5, 0.6) is 0 Å². The lowest BCUT2D eigenvalue weighted by Crippen LogP contribution is -2.48. The molecule has 0 saturated carbocycles. The number of aryl methyl sites for hydroxylation is 1. The van der Waals surface area contributed by atoms with Gasteiger partial charge in [-0.15, -0.1) is 11.3 Å². The Balaban J connectivity index is 1.32. The summed E-state index contributed by atoms with van der Waals surface area (Å²) < 4.78 is 10.3. The van der Waals surface area contributed by atoms with E-state index in [1.807, 2.05) is 17.5 Å². The molecule has 0 radical (unpaired) electrons. The molecule has 0 bridgehead atoms. The first kappa shape index (κ1) is 16.0. The normalized spacial score (nSPS) is 15.6. The van der Waals surface area contributed by atoms with E-state index < -0.39 is 0 Å². The van der Waals surface area contributed by atoms with Crippen LogP contribution in [-0.2, 0) is 6.54 Å². The van der Waals surface area contributed by atoms with Gasteiger partial charge in [0.15, 0.2) is 5.69 Å². The molecule has 0 N–H and O–H groups in total. The Morgan fingerprint density at radius 2 is 2.08 bits per heavy atom. The fourth-order valence-electron chi connectivity index (χ4n) is 2.75. The first-order valence-electron chi connectivity index (χ1n) is 8.00. The van der Waals surface area contributed by atoms with Crippen molar-refractivity contribution in [2.24, 2.45) is 0 Å². The summed E-state index contributed by atoms with van der Waals surface area (Å²) in [5.74, 6) is 1.77. The van der Waals surface area contributed by atoms with Crippen molar-refractivity contribution in [2.75, 3.05) is 26.2 Å². The number of nitrogens with zero attached hydrogens (tertiary/aromatic N) is 5. The summed E-state index contributed by atoms with van der Waals surface area (Å²) in [6.07, 6.45) is 0. The molecule has 0 aliphatic carbocycles. The van der Waals surface area contributed by atoms with Crippen LogP contribution in [0.15, 0.2) is 32.6 Å². The predicted molar refractivity (Wildman–Crippen MR) is 90.0 cm³/mol. The molecular formula is C16H17N5O3S. The number of hydrogen-bond donors (Lipinski definition) is 0. The van der Waals surface area contributed by atoms with Crippen LogP contribution in [-0.4, -0.2) is 57.2 Å². The molecule has 1 amide bonds. The molecule has 4 rings (SSSR count). The van der Waals surface area contributed by atoms with Gasteiger partial charge in [0.25, 0.3) is 5.91 Å². The number of amides is 1. The molecule has 3 aromatic rings. The van der Waals surface area contributed by atoms with Crippen LogP contribution in [0, 0.1) is 6.92 Å². The van der Waals surface area contributed by atoms with Crippen LogP contribution in [0.2, 0.25) is 0 Å². The van der Waals surface area contributed by atoms with Crippen LogP contribution in [0.4, 0.5) is 0 Å². The quantitative estimate of drug-likeness (QED) is 0.704. The second-order valence-corrected chi connectivity index (χ2v) is 6.83. The van der Waals surface area contributed by atoms with Crippen molar-refractivity contribution in [1.29, 1.82) is 0 Å². The second kappa shape index (κ2) is 6.77. The standard InChI is InChI=1S/C16H17N5O3S/c1-11-9-12(18-23-11)16(22)21-6-4-20(5-7-21)10-14-17-15(19-24-14)13-3-2-8-25-13/h2-3,8-9H,4-7,10H2,1H3. The lowest BCUT2D eigenvalue weighted by Gasteiger charge is -2.33. The van der Waals surface area contributed by atoms with Crippen molar-refractivity contribution in [3.63, 3.8) is 0 Å². The Hall–Kier alpha value is -2.52. The van der Waals surface area contributed by atoms with Gasteiger partial charge >= 0.3 is 0 Å². The molecule has 0 unspecified atom stereocenters. The fourth-order valence-corrected chi connectivity index (χ4v) is 3.40. The maximum Gasteiger partial charge on any atom is 0.276 e. The van der Waals surface area contributed by atoms with Crippen LogP contribution in [0.25, 0.3) is 10.7 Å². The van der Waals surface area contributed by atoms with Crippen molar-refractivity contribution in [1.82, 2.24) is 25.1 Å². The van der Waals surface area contributed by atoms with E-state index in [1.54, 1.807) is 29.2 Å². The zero-order chi connectivity index (χ0) is 17.2. The van der Waals surface area contributed by atoms with E-state index in [-0.39, 0.29) is 5.91 Å². The minimum absolute atomic E-state index is 0.0886. The van der Waals surface area contributed by atoms with E-state index in [2.05, 4.69) is 20.2 Å². The first-order valence-corrected chi connectivity index (χ1v) is 8.88. The third-order valence-corrected chi connectivity index (χ3v) is 4.94. The molecule has 1 aliphatic rings. The molecule has 0 spiro atoms. The smallest absolute Gasteiger partial charge is 0.276 e. The summed E-state index contributed by atoms with van der Waals surface area (Å²) in [5.41, 5.74) is 0.364. The SMILES string of the molecule is Cc1cc(C(=O)N2CCN(Cc3nc(-c4cccs4)no3)CC2)no1. The molecule has 1 fully saturated rings. The van der Waals surface area contributed by atoms with Gasteiger partial charge in [-0.3, -0.25) is 9.69 Å². The molecule has 130 valence electrons. The van der Waals surface area contributed by atoms with Crippen LogP contribution < -0.4 is 0 Å². The number of carbonyl (C=O) groups excluding carboxylic acids is 1. The zero-order valence-electron chi connectivity index (χ0n) is 13.7. The highest BCUT2D eigenvalue weighted by atomic mass is 32.1. The molecule has 0 atom stereocenters. The Morgan fingerprint density at radius 1 is 1.24 bits per heavy atom. The minimum atomic E-state index is -0.0886. The van der Waals surface area contributed by atoms with Gasteiger partial charge in [0.2, 0.25) is 11.7 Å². The van der Waals surface area contributed by atoms with Gasteiger partial charge in [0.05, 0.1) is 11.4 Å². The van der Waals surface area contributed by atoms with Gasteiger partial charge in [0.1, 0.15) is 5.76 Å². The number of thiophene rings is 1. The highest BCUT2D eigenvalue weighted by Crippen LogP contribution is 2.21. The van der Waals surface area contributed by atoms with E-state index in [0.29, 0.717) is 42.8 Å². The highest BCUT2D eigenvalue weighted by molar-refractivity contribution is 7.13. The zero-order valence-corrected chi connectivity index (χ0v) is 14.5. The topological polar surface area (TPSA) is 88.5 Å². The number of rotatable bonds is 4. The third kappa shape index (κ3) is 3.47. The Labute approximate surface area is 148 Å². The molecule has 3 aromatic heterocycles. The Morgan fingerprint density at radius 3 is 2.76 bits per heavy atom. The van der Waals surface area contributed by atoms with Gasteiger partial charge in [-0.2, -0.15) is 4.98 Å². The Kier molecular flexibility index (Phi) is 4.33. The summed E-state index contributed by atoms with van der Waals surface area (Å²) >= 11 is 1.58. The maximum atomic E-state index is 12.4. The van der Waals surface area contributed by atoms with Crippen molar-refractivity contribution in [3.8, 4) is 10.7 Å². The molecule has 9 heteroatoms. The predicted octanol–water partition coefficient (Wildman–Crippen LogP) is 2.05. The van der Waals surface area contributed by atoms with Crippen LogP contribution in [0.1, 0.15) is 22.1 Å². The number of aromatic nitrogens is 3. The molecule has 1 saturated heterocycles. The average Bonchev–Trinajstić information content (AvgIpc) is 3.36. The van der Waals surface area contributed by atoms with Crippen molar-refractivity contribution < 1.29 is 13.8 Å². The molecule has 25 heavy (non-hydrogen) atoms. The summed E-state index contributed by atoms with van der Waals surface area (Å²) in [4.78, 5) is 21.8. The number of hydrogen-bond acceptors (Lipinski definition) is 8. The van der Waals surface area contributed by atoms with Crippen LogP contribution >= 0.6 is 11.3 Å². The van der Waals surface area contributed by atoms with Gasteiger partial charge in [-0.25, -0.2) is 0 Å². The summed E-state index contributed by atoms with van der Waals surface area (Å²) in [6.45, 7) is 5.13. The summed E-state index contributed by atoms with van der Waals surface area (Å²) in [7, 11) is 0. The monoisotopic (exact) mass is 359 g/mol. The maximum absolute atomic E-state index is 12.4.